The molecular weight excluding hydrogens is 246 g/mol. The largest absolute Gasteiger partial charge is 0.364 e. The van der Waals surface area contributed by atoms with Crippen molar-refractivity contribution in [3.63, 3.8) is 0 Å². The molecule has 0 aromatic carbocycles. The minimum absolute atomic E-state index is 0.137. The minimum Gasteiger partial charge on any atom is -0.364 e. The molecule has 0 amide bonds. The van der Waals surface area contributed by atoms with Crippen molar-refractivity contribution in [1.82, 2.24) is 14.9 Å². The van der Waals surface area contributed by atoms with Crippen molar-refractivity contribution in [2.24, 2.45) is 0 Å². The number of ether oxygens (including phenoxy) is 1. The molecule has 8 heteroatoms. The first-order chi connectivity index (χ1) is 7.94. The minimum atomic E-state index is -3.17. The van der Waals surface area contributed by atoms with Gasteiger partial charge in [-0.25, -0.2) is 13.1 Å². The predicted molar refractivity (Wildman–Crippen MR) is 58.7 cm³/mol. The molecule has 7 nitrogen and oxygen atoms in total. The van der Waals surface area contributed by atoms with Crippen LogP contribution < -0.4 is 4.72 Å². The smallest absolute Gasteiger partial charge is 0.255 e. The molecule has 1 aromatic rings. The van der Waals surface area contributed by atoms with Crippen molar-refractivity contribution < 1.29 is 17.7 Å². The monoisotopic (exact) mass is 261 g/mol. The first kappa shape index (κ1) is 12.5. The summed E-state index contributed by atoms with van der Waals surface area (Å²) in [5.41, 5.74) is 0. The second-order valence-electron chi connectivity index (χ2n) is 4.12. The van der Waals surface area contributed by atoms with Crippen LogP contribution in [0, 0.1) is 6.92 Å². The Kier molecular flexibility index (Phi) is 3.45. The number of sulfonamides is 1. The van der Waals surface area contributed by atoms with Crippen molar-refractivity contribution in [1.29, 1.82) is 0 Å². The fourth-order valence-corrected chi connectivity index (χ4v) is 2.21. The number of nitrogens with one attached hydrogen (secondary N) is 1. The summed E-state index contributed by atoms with van der Waals surface area (Å²) in [6, 6.07) is 0. The van der Waals surface area contributed by atoms with Gasteiger partial charge in [-0.05, 0) is 19.8 Å². The van der Waals surface area contributed by atoms with Crippen LogP contribution >= 0.6 is 0 Å². The van der Waals surface area contributed by atoms with Crippen molar-refractivity contribution >= 4 is 10.0 Å². The van der Waals surface area contributed by atoms with Crippen LogP contribution in [0.1, 0.15) is 30.7 Å². The van der Waals surface area contributed by atoms with Gasteiger partial charge in [0.15, 0.2) is 5.82 Å². The van der Waals surface area contributed by atoms with Crippen molar-refractivity contribution in [3.05, 3.63) is 11.7 Å². The Morgan fingerprint density at radius 1 is 1.47 bits per heavy atom. The molecule has 1 aromatic heterocycles. The number of hydrogen-bond acceptors (Lipinski definition) is 6. The Bertz CT molecular complexity index is 484. The third-order valence-electron chi connectivity index (χ3n) is 2.50. The van der Waals surface area contributed by atoms with Gasteiger partial charge in [0.25, 0.3) is 5.89 Å². The van der Waals surface area contributed by atoms with Gasteiger partial charge in [0, 0.05) is 6.54 Å². The summed E-state index contributed by atoms with van der Waals surface area (Å²) in [7, 11) is -3.17. The molecule has 1 N–H and O–H groups in total. The number of aromatic nitrogens is 2. The lowest BCUT2D eigenvalue weighted by Gasteiger charge is -2.11. The molecule has 1 fully saturated rings. The molecular formula is C9H15N3O4S. The highest BCUT2D eigenvalue weighted by molar-refractivity contribution is 7.88. The molecule has 1 aliphatic rings. The van der Waals surface area contributed by atoms with E-state index in [-0.39, 0.29) is 18.8 Å². The van der Waals surface area contributed by atoms with Gasteiger partial charge < -0.3 is 9.26 Å². The van der Waals surface area contributed by atoms with E-state index in [0.29, 0.717) is 11.7 Å². The summed E-state index contributed by atoms with van der Waals surface area (Å²) >= 11 is 0. The maximum atomic E-state index is 10.9. The lowest BCUT2D eigenvalue weighted by Crippen LogP contribution is -2.30. The van der Waals surface area contributed by atoms with Crippen molar-refractivity contribution in [3.8, 4) is 0 Å². The fourth-order valence-electron chi connectivity index (χ4n) is 1.73. The third-order valence-corrected chi connectivity index (χ3v) is 3.19. The number of nitrogens with zero attached hydrogens (tertiary/aromatic N) is 2. The zero-order valence-corrected chi connectivity index (χ0v) is 10.5. The average molecular weight is 261 g/mol. The van der Waals surface area contributed by atoms with E-state index in [2.05, 4.69) is 14.9 Å². The van der Waals surface area contributed by atoms with Crippen LogP contribution in [0.5, 0.6) is 0 Å². The van der Waals surface area contributed by atoms with Crippen LogP contribution in [-0.4, -0.2) is 37.5 Å². The average Bonchev–Trinajstić information content (AvgIpc) is 2.81. The molecule has 0 saturated carbocycles. The molecule has 2 rings (SSSR count). The second kappa shape index (κ2) is 4.71. The Morgan fingerprint density at radius 2 is 2.24 bits per heavy atom. The SMILES string of the molecule is Cc1noc([C@@H]2CC[C@H](CNS(C)(=O)=O)O2)n1. The summed E-state index contributed by atoms with van der Waals surface area (Å²) in [5.74, 6) is 1.03. The Morgan fingerprint density at radius 3 is 2.82 bits per heavy atom. The first-order valence-electron chi connectivity index (χ1n) is 5.34. The van der Waals surface area contributed by atoms with Crippen molar-refractivity contribution in [2.75, 3.05) is 12.8 Å². The predicted octanol–water partition coefficient (Wildman–Crippen LogP) is 0.147. The highest BCUT2D eigenvalue weighted by Gasteiger charge is 2.30. The van der Waals surface area contributed by atoms with E-state index >= 15 is 0 Å². The van der Waals surface area contributed by atoms with E-state index in [9.17, 15) is 8.42 Å². The summed E-state index contributed by atoms with van der Waals surface area (Å²) in [6.07, 6.45) is 2.30. The highest BCUT2D eigenvalue weighted by Crippen LogP contribution is 2.31. The summed E-state index contributed by atoms with van der Waals surface area (Å²) in [5, 5.41) is 3.69. The summed E-state index contributed by atoms with van der Waals surface area (Å²) in [4.78, 5) is 4.09. The molecule has 0 aliphatic carbocycles. The van der Waals surface area contributed by atoms with Gasteiger partial charge in [-0.2, -0.15) is 4.98 Å². The topological polar surface area (TPSA) is 94.3 Å². The number of hydrogen-bond donors (Lipinski definition) is 1. The lowest BCUT2D eigenvalue weighted by atomic mass is 10.2. The fraction of sp³-hybridized carbons (Fsp3) is 0.778. The molecule has 2 atom stereocenters. The van der Waals surface area contributed by atoms with Crippen LogP contribution in [0.4, 0.5) is 0 Å². The van der Waals surface area contributed by atoms with Gasteiger partial charge in [-0.15, -0.1) is 0 Å². The molecule has 0 bridgehead atoms. The Balaban J connectivity index is 1.87. The molecule has 1 saturated heterocycles. The third kappa shape index (κ3) is 3.48. The van der Waals surface area contributed by atoms with Gasteiger partial charge in [0.1, 0.15) is 6.10 Å². The van der Waals surface area contributed by atoms with Gasteiger partial charge >= 0.3 is 0 Å². The van der Waals surface area contributed by atoms with Crippen LogP contribution in [0.25, 0.3) is 0 Å². The van der Waals surface area contributed by atoms with Crippen LogP contribution in [0.3, 0.4) is 0 Å². The second-order valence-corrected chi connectivity index (χ2v) is 5.96. The molecule has 0 radical (unpaired) electrons. The van der Waals surface area contributed by atoms with E-state index in [0.717, 1.165) is 19.1 Å². The van der Waals surface area contributed by atoms with Gasteiger partial charge in [-0.1, -0.05) is 5.16 Å². The summed E-state index contributed by atoms with van der Waals surface area (Å²) < 4.78 is 34.9. The quantitative estimate of drug-likeness (QED) is 0.829. The van der Waals surface area contributed by atoms with Crippen LogP contribution in [0.2, 0.25) is 0 Å². The maximum absolute atomic E-state index is 10.9. The molecule has 96 valence electrons. The van der Waals surface area contributed by atoms with E-state index in [1.165, 1.54) is 0 Å². The first-order valence-corrected chi connectivity index (χ1v) is 7.23. The number of aryl methyl sites for hydroxylation is 1. The van der Waals surface area contributed by atoms with Gasteiger partial charge in [0.05, 0.1) is 12.4 Å². The van der Waals surface area contributed by atoms with Crippen molar-refractivity contribution in [2.45, 2.75) is 32.0 Å². The van der Waals surface area contributed by atoms with Gasteiger partial charge in [0.2, 0.25) is 10.0 Å². The molecule has 0 spiro atoms. The van der Waals surface area contributed by atoms with Gasteiger partial charge in [-0.3, -0.25) is 0 Å². The molecule has 0 unspecified atom stereocenters. The number of rotatable bonds is 4. The standard InChI is InChI=1S/C9H15N3O4S/c1-6-11-9(16-12-6)8-4-3-7(15-8)5-10-17(2,13)14/h7-8,10H,3-5H2,1-2H3/t7-,8+/m1/s1. The molecule has 2 heterocycles. The Labute approximate surface area is 99.6 Å². The Hall–Kier alpha value is -0.990. The summed E-state index contributed by atoms with van der Waals surface area (Å²) in [6.45, 7) is 2.02. The van der Waals surface area contributed by atoms with Crippen LogP contribution in [0.15, 0.2) is 4.52 Å². The molecule has 17 heavy (non-hydrogen) atoms. The lowest BCUT2D eigenvalue weighted by molar-refractivity contribution is 0.0290. The zero-order chi connectivity index (χ0) is 12.5. The normalized spacial score (nSPS) is 25.3. The van der Waals surface area contributed by atoms with E-state index in [1.807, 2.05) is 0 Å². The van der Waals surface area contributed by atoms with Crippen LogP contribution in [-0.2, 0) is 14.8 Å². The van der Waals surface area contributed by atoms with E-state index < -0.39 is 10.0 Å². The molecule has 1 aliphatic heterocycles. The maximum Gasteiger partial charge on any atom is 0.255 e. The van der Waals surface area contributed by atoms with E-state index in [1.54, 1.807) is 6.92 Å². The zero-order valence-electron chi connectivity index (χ0n) is 9.71. The van der Waals surface area contributed by atoms with E-state index in [4.69, 9.17) is 9.26 Å². The highest BCUT2D eigenvalue weighted by atomic mass is 32.2.